The quantitative estimate of drug-likeness (QED) is 0.500. The number of thioether (sulfide) groups is 1. The highest BCUT2D eigenvalue weighted by Crippen LogP contribution is 2.46. The topological polar surface area (TPSA) is 40.6 Å². The number of nitrogens with zero attached hydrogens (tertiary/aromatic N) is 2. The molecule has 152 valence electrons. The van der Waals surface area contributed by atoms with Gasteiger partial charge < -0.3 is 4.90 Å². The molecule has 2 aromatic rings. The first-order valence-electron chi connectivity index (χ1n) is 10.3. The second kappa shape index (κ2) is 7.67. The Kier molecular flexibility index (Phi) is 4.99. The van der Waals surface area contributed by atoms with Crippen LogP contribution in [0.2, 0.25) is 0 Å². The number of amides is 2. The molecule has 6 heteroatoms. The van der Waals surface area contributed by atoms with Gasteiger partial charge in [-0.25, -0.2) is 0 Å². The lowest BCUT2D eigenvalue weighted by Crippen LogP contribution is -2.37. The molecule has 1 saturated heterocycles. The minimum Gasteiger partial charge on any atom is -0.303 e. The van der Waals surface area contributed by atoms with Crippen LogP contribution in [-0.2, 0) is 16.1 Å². The van der Waals surface area contributed by atoms with E-state index in [1.807, 2.05) is 43.3 Å². The van der Waals surface area contributed by atoms with Crippen LogP contribution in [0, 0.1) is 6.92 Å². The first-order chi connectivity index (χ1) is 14.5. The normalized spacial score (nSPS) is 21.8. The van der Waals surface area contributed by atoms with Crippen molar-refractivity contribution in [1.82, 2.24) is 4.90 Å². The van der Waals surface area contributed by atoms with Crippen molar-refractivity contribution >= 4 is 51.4 Å². The number of benzene rings is 2. The summed E-state index contributed by atoms with van der Waals surface area (Å²) in [4.78, 5) is 30.9. The zero-order valence-corrected chi connectivity index (χ0v) is 18.4. The van der Waals surface area contributed by atoms with Gasteiger partial charge in [0, 0.05) is 11.6 Å². The van der Waals surface area contributed by atoms with Crippen LogP contribution in [0.15, 0.2) is 53.4 Å². The van der Waals surface area contributed by atoms with Crippen LogP contribution in [0.3, 0.4) is 0 Å². The summed E-state index contributed by atoms with van der Waals surface area (Å²) in [6.07, 6.45) is 4.22. The molecule has 30 heavy (non-hydrogen) atoms. The van der Waals surface area contributed by atoms with E-state index in [0.717, 1.165) is 42.5 Å². The lowest BCUT2D eigenvalue weighted by Gasteiger charge is -2.22. The Hall–Kier alpha value is -2.44. The van der Waals surface area contributed by atoms with Crippen LogP contribution < -0.4 is 4.90 Å². The monoisotopic (exact) mass is 434 g/mol. The maximum absolute atomic E-state index is 13.5. The number of para-hydroxylation sites is 1. The van der Waals surface area contributed by atoms with Crippen molar-refractivity contribution in [2.75, 3.05) is 4.90 Å². The molecule has 1 saturated carbocycles. The van der Waals surface area contributed by atoms with Gasteiger partial charge in [-0.2, -0.15) is 0 Å². The van der Waals surface area contributed by atoms with Crippen LogP contribution in [0.4, 0.5) is 5.69 Å². The lowest BCUT2D eigenvalue weighted by atomic mass is 10.1. The molecule has 1 aliphatic carbocycles. The number of hydrogen-bond donors (Lipinski definition) is 0. The van der Waals surface area contributed by atoms with Crippen molar-refractivity contribution in [3.63, 3.8) is 0 Å². The van der Waals surface area contributed by atoms with Gasteiger partial charge in [-0.3, -0.25) is 14.5 Å². The molecule has 4 nitrogen and oxygen atoms in total. The first-order valence-corrected chi connectivity index (χ1v) is 11.5. The van der Waals surface area contributed by atoms with Crippen molar-refractivity contribution in [3.05, 3.63) is 70.1 Å². The van der Waals surface area contributed by atoms with E-state index in [4.69, 9.17) is 12.2 Å². The largest absolute Gasteiger partial charge is 0.303 e. The first kappa shape index (κ1) is 19.5. The Labute approximate surface area is 185 Å². The molecular formula is C24H22N2O2S2. The molecule has 0 unspecified atom stereocenters. The number of rotatable bonds is 3. The average molecular weight is 435 g/mol. The van der Waals surface area contributed by atoms with E-state index in [0.29, 0.717) is 21.3 Å². The summed E-state index contributed by atoms with van der Waals surface area (Å²) in [6, 6.07) is 16.1. The Morgan fingerprint density at radius 3 is 2.43 bits per heavy atom. The fourth-order valence-electron chi connectivity index (χ4n) is 4.54. The standard InChI is InChI=1S/C24H22N2O2S2/c1-15-10-12-16(13-11-15)14-25-19-9-5-4-8-18(19)20(22(25)27)21-23(28)26(24(29)30-21)17-6-2-3-7-17/h4-5,8-13,17H,2-3,6-7,14H2,1H3/b21-20-. The number of fused-ring (bicyclic) bond motifs is 1. The number of aryl methyl sites for hydroxylation is 1. The summed E-state index contributed by atoms with van der Waals surface area (Å²) in [5, 5.41) is 0. The third kappa shape index (κ3) is 3.19. The minimum absolute atomic E-state index is 0.104. The maximum atomic E-state index is 13.5. The molecule has 0 spiro atoms. The molecule has 5 rings (SSSR count). The summed E-state index contributed by atoms with van der Waals surface area (Å²) < 4.78 is 0.580. The van der Waals surface area contributed by atoms with Crippen LogP contribution in [-0.4, -0.2) is 27.1 Å². The van der Waals surface area contributed by atoms with Crippen LogP contribution in [0.1, 0.15) is 42.4 Å². The summed E-state index contributed by atoms with van der Waals surface area (Å²) in [5.74, 6) is -0.226. The fraction of sp³-hybridized carbons (Fsp3) is 0.292. The van der Waals surface area contributed by atoms with Crippen LogP contribution in [0.25, 0.3) is 5.57 Å². The molecule has 2 fully saturated rings. The highest BCUT2D eigenvalue weighted by atomic mass is 32.2. The minimum atomic E-state index is -0.122. The molecule has 3 aliphatic rings. The third-order valence-corrected chi connectivity index (χ3v) is 7.50. The number of carbonyl (C=O) groups is 2. The Morgan fingerprint density at radius 2 is 1.70 bits per heavy atom. The van der Waals surface area contributed by atoms with Gasteiger partial charge in [-0.1, -0.05) is 84.8 Å². The van der Waals surface area contributed by atoms with Crippen molar-refractivity contribution in [1.29, 1.82) is 0 Å². The van der Waals surface area contributed by atoms with Crippen LogP contribution >= 0.6 is 24.0 Å². The van der Waals surface area contributed by atoms with Gasteiger partial charge in [0.1, 0.15) is 4.32 Å². The van der Waals surface area contributed by atoms with E-state index >= 15 is 0 Å². The SMILES string of the molecule is Cc1ccc(CN2C(=O)/C(=C3\SC(=S)N(C4CCCC4)C3=O)c3ccccc32)cc1. The summed E-state index contributed by atoms with van der Waals surface area (Å²) in [6.45, 7) is 2.52. The van der Waals surface area contributed by atoms with Gasteiger partial charge in [0.25, 0.3) is 11.8 Å². The molecule has 2 aromatic carbocycles. The molecule has 2 aliphatic heterocycles. The van der Waals surface area contributed by atoms with E-state index in [9.17, 15) is 9.59 Å². The van der Waals surface area contributed by atoms with Gasteiger partial charge in [0.15, 0.2) is 0 Å². The van der Waals surface area contributed by atoms with E-state index in [-0.39, 0.29) is 17.9 Å². The molecule has 0 radical (unpaired) electrons. The highest BCUT2D eigenvalue weighted by Gasteiger charge is 2.44. The molecule has 0 atom stereocenters. The Bertz CT molecular complexity index is 1080. The summed E-state index contributed by atoms with van der Waals surface area (Å²) in [5.41, 5.74) is 4.41. The maximum Gasteiger partial charge on any atom is 0.267 e. The van der Waals surface area contributed by atoms with Crippen molar-refractivity contribution in [3.8, 4) is 0 Å². The third-order valence-electron chi connectivity index (χ3n) is 6.10. The predicted octanol–water partition coefficient (Wildman–Crippen LogP) is 5.06. The highest BCUT2D eigenvalue weighted by molar-refractivity contribution is 8.26. The second-order valence-electron chi connectivity index (χ2n) is 8.08. The van der Waals surface area contributed by atoms with Gasteiger partial charge >= 0.3 is 0 Å². The van der Waals surface area contributed by atoms with Gasteiger partial charge in [0.05, 0.1) is 22.7 Å². The fourth-order valence-corrected chi connectivity index (χ4v) is 6.01. The van der Waals surface area contributed by atoms with Crippen molar-refractivity contribution < 1.29 is 9.59 Å². The number of carbonyl (C=O) groups excluding carboxylic acids is 2. The van der Waals surface area contributed by atoms with E-state index in [1.54, 1.807) is 9.80 Å². The molecule has 2 heterocycles. The zero-order chi connectivity index (χ0) is 20.8. The van der Waals surface area contributed by atoms with Gasteiger partial charge in [-0.05, 0) is 31.4 Å². The van der Waals surface area contributed by atoms with E-state index in [2.05, 4.69) is 12.1 Å². The summed E-state index contributed by atoms with van der Waals surface area (Å²) >= 11 is 6.84. The molecule has 2 amide bonds. The van der Waals surface area contributed by atoms with Crippen LogP contribution in [0.5, 0.6) is 0 Å². The number of anilines is 1. The molecule has 0 bridgehead atoms. The smallest absolute Gasteiger partial charge is 0.267 e. The average Bonchev–Trinajstić information content (AvgIpc) is 3.42. The molecule has 0 N–H and O–H groups in total. The van der Waals surface area contributed by atoms with Crippen molar-refractivity contribution in [2.24, 2.45) is 0 Å². The van der Waals surface area contributed by atoms with Crippen molar-refractivity contribution in [2.45, 2.75) is 45.2 Å². The number of thiocarbonyl (C=S) groups is 1. The number of hydrogen-bond acceptors (Lipinski definition) is 4. The van der Waals surface area contributed by atoms with E-state index < -0.39 is 0 Å². The van der Waals surface area contributed by atoms with Gasteiger partial charge in [0.2, 0.25) is 0 Å². The zero-order valence-electron chi connectivity index (χ0n) is 16.8. The Morgan fingerprint density at radius 1 is 1.00 bits per heavy atom. The van der Waals surface area contributed by atoms with Gasteiger partial charge in [-0.15, -0.1) is 0 Å². The second-order valence-corrected chi connectivity index (χ2v) is 9.72. The lowest BCUT2D eigenvalue weighted by molar-refractivity contribution is -0.123. The Balaban J connectivity index is 1.54. The molecular weight excluding hydrogens is 412 g/mol. The molecule has 0 aromatic heterocycles. The summed E-state index contributed by atoms with van der Waals surface area (Å²) in [7, 11) is 0. The van der Waals surface area contributed by atoms with E-state index in [1.165, 1.54) is 17.3 Å². The predicted molar refractivity (Wildman–Crippen MR) is 125 cm³/mol.